The van der Waals surface area contributed by atoms with Gasteiger partial charge in [-0.2, -0.15) is 0 Å². The number of benzene rings is 2. The normalized spacial score (nSPS) is 24.5. The van der Waals surface area contributed by atoms with Crippen molar-refractivity contribution in [3.05, 3.63) is 59.7 Å². The first-order valence-electron chi connectivity index (χ1n) is 8.97. The molecule has 2 aromatic rings. The van der Waals surface area contributed by atoms with Gasteiger partial charge >= 0.3 is 0 Å². The van der Waals surface area contributed by atoms with Gasteiger partial charge < -0.3 is 15.2 Å². The van der Waals surface area contributed by atoms with Gasteiger partial charge in [0.15, 0.2) is 0 Å². The largest absolute Gasteiger partial charge is 0.508 e. The maximum atomic E-state index is 12.5. The van der Waals surface area contributed by atoms with Crippen LogP contribution in [0, 0.1) is 5.92 Å². The highest BCUT2D eigenvalue weighted by Crippen LogP contribution is 2.27. The minimum absolute atomic E-state index is 0.00219. The van der Waals surface area contributed by atoms with Crippen molar-refractivity contribution < 1.29 is 14.6 Å². The summed E-state index contributed by atoms with van der Waals surface area (Å²) in [6.07, 6.45) is 1.59. The van der Waals surface area contributed by atoms with Crippen LogP contribution in [0.2, 0.25) is 0 Å². The molecular formula is C20H23N3O3. The lowest BCUT2D eigenvalue weighted by Crippen LogP contribution is -2.45. The number of nitrogens with one attached hydrogen (secondary N) is 3. The highest BCUT2D eigenvalue weighted by Gasteiger charge is 2.30. The summed E-state index contributed by atoms with van der Waals surface area (Å²) in [7, 11) is 0. The Morgan fingerprint density at radius 2 is 1.96 bits per heavy atom. The minimum atomic E-state index is -0.273. The topological polar surface area (TPSA) is 82.6 Å². The van der Waals surface area contributed by atoms with E-state index in [2.05, 4.69) is 22.2 Å². The molecule has 0 aromatic heterocycles. The van der Waals surface area contributed by atoms with Crippen molar-refractivity contribution in [2.24, 2.45) is 5.92 Å². The third-order valence-electron chi connectivity index (χ3n) is 5.04. The number of carbonyl (C=O) groups excluding carboxylic acids is 1. The van der Waals surface area contributed by atoms with Gasteiger partial charge in [0.25, 0.3) is 0 Å². The zero-order valence-electron chi connectivity index (χ0n) is 14.4. The van der Waals surface area contributed by atoms with Gasteiger partial charge in [0.1, 0.15) is 17.5 Å². The second kappa shape index (κ2) is 7.35. The highest BCUT2D eigenvalue weighted by atomic mass is 16.5. The first kappa shape index (κ1) is 16.9. The molecule has 0 saturated carbocycles. The molecule has 1 saturated heterocycles. The van der Waals surface area contributed by atoms with E-state index in [-0.39, 0.29) is 29.7 Å². The van der Waals surface area contributed by atoms with Crippen LogP contribution in [0.25, 0.3) is 0 Å². The third-order valence-corrected chi connectivity index (χ3v) is 5.04. The average Bonchev–Trinajstić information content (AvgIpc) is 3.17. The molecule has 1 fully saturated rings. The minimum Gasteiger partial charge on any atom is -0.508 e. The van der Waals surface area contributed by atoms with Gasteiger partial charge in [-0.25, -0.2) is 10.9 Å². The van der Waals surface area contributed by atoms with Crippen LogP contribution in [-0.2, 0) is 11.2 Å². The van der Waals surface area contributed by atoms with E-state index in [1.54, 1.807) is 12.1 Å². The monoisotopic (exact) mass is 353 g/mol. The van der Waals surface area contributed by atoms with E-state index in [4.69, 9.17) is 4.74 Å². The lowest BCUT2D eigenvalue weighted by molar-refractivity contribution is -0.123. The molecule has 136 valence electrons. The lowest BCUT2D eigenvalue weighted by atomic mass is 9.96. The van der Waals surface area contributed by atoms with Crippen LogP contribution in [-0.4, -0.2) is 30.2 Å². The third kappa shape index (κ3) is 3.66. The molecule has 2 heterocycles. The molecule has 6 nitrogen and oxygen atoms in total. The van der Waals surface area contributed by atoms with Crippen molar-refractivity contribution in [2.45, 2.75) is 24.9 Å². The van der Waals surface area contributed by atoms with E-state index in [1.165, 1.54) is 5.56 Å². The summed E-state index contributed by atoms with van der Waals surface area (Å²) in [4.78, 5) is 12.5. The van der Waals surface area contributed by atoms with E-state index in [0.29, 0.717) is 19.6 Å². The number of phenols is 1. The smallest absolute Gasteiger partial charge is 0.238 e. The van der Waals surface area contributed by atoms with Crippen LogP contribution in [0.1, 0.15) is 23.6 Å². The van der Waals surface area contributed by atoms with Crippen molar-refractivity contribution in [3.63, 3.8) is 0 Å². The van der Waals surface area contributed by atoms with Crippen LogP contribution in [0.4, 0.5) is 0 Å². The molecule has 0 radical (unpaired) electrons. The molecule has 6 heteroatoms. The van der Waals surface area contributed by atoms with Gasteiger partial charge in [0, 0.05) is 18.5 Å². The van der Waals surface area contributed by atoms with Crippen molar-refractivity contribution >= 4 is 5.91 Å². The Morgan fingerprint density at radius 1 is 1.15 bits per heavy atom. The molecule has 0 aliphatic carbocycles. The number of aromatic hydroxyl groups is 1. The highest BCUT2D eigenvalue weighted by molar-refractivity contribution is 5.82. The van der Waals surface area contributed by atoms with Crippen molar-refractivity contribution in [3.8, 4) is 11.5 Å². The van der Waals surface area contributed by atoms with Gasteiger partial charge in [-0.15, -0.1) is 0 Å². The van der Waals surface area contributed by atoms with Gasteiger partial charge in [0.2, 0.25) is 5.91 Å². The van der Waals surface area contributed by atoms with Crippen molar-refractivity contribution in [1.29, 1.82) is 0 Å². The average molecular weight is 353 g/mol. The van der Waals surface area contributed by atoms with E-state index in [0.717, 1.165) is 17.7 Å². The molecule has 0 spiro atoms. The number of para-hydroxylation sites is 1. The summed E-state index contributed by atoms with van der Waals surface area (Å²) >= 11 is 0. The van der Waals surface area contributed by atoms with Crippen molar-refractivity contribution in [1.82, 2.24) is 16.2 Å². The Labute approximate surface area is 152 Å². The first-order chi connectivity index (χ1) is 12.7. The van der Waals surface area contributed by atoms with Crippen LogP contribution in [0.3, 0.4) is 0 Å². The Kier molecular flexibility index (Phi) is 4.77. The van der Waals surface area contributed by atoms with E-state index >= 15 is 0 Å². The molecule has 2 aliphatic heterocycles. The maximum Gasteiger partial charge on any atom is 0.238 e. The predicted molar refractivity (Wildman–Crippen MR) is 97.7 cm³/mol. The molecule has 3 unspecified atom stereocenters. The van der Waals surface area contributed by atoms with E-state index in [1.807, 2.05) is 30.3 Å². The summed E-state index contributed by atoms with van der Waals surface area (Å²) in [5, 5.41) is 12.4. The second-order valence-electron chi connectivity index (χ2n) is 6.96. The Balaban J connectivity index is 1.27. The summed E-state index contributed by atoms with van der Waals surface area (Å²) in [5.74, 6) is 1.48. The maximum absolute atomic E-state index is 12.5. The number of ether oxygens (including phenoxy) is 1. The zero-order chi connectivity index (χ0) is 17.9. The lowest BCUT2D eigenvalue weighted by Gasteiger charge is -2.25. The molecule has 26 heavy (non-hydrogen) atoms. The molecule has 2 aliphatic rings. The number of hydrazine groups is 1. The molecular weight excluding hydrogens is 330 g/mol. The molecule has 2 aromatic carbocycles. The summed E-state index contributed by atoms with van der Waals surface area (Å²) in [5.41, 5.74) is 8.47. The number of carbonyl (C=O) groups is 1. The van der Waals surface area contributed by atoms with Crippen LogP contribution < -0.4 is 20.9 Å². The predicted octanol–water partition coefficient (Wildman–Crippen LogP) is 1.67. The number of hydrogen-bond donors (Lipinski definition) is 4. The van der Waals surface area contributed by atoms with E-state index < -0.39 is 0 Å². The number of amides is 1. The molecule has 4 N–H and O–H groups in total. The molecule has 1 amide bonds. The van der Waals surface area contributed by atoms with Gasteiger partial charge in [0.05, 0.1) is 6.61 Å². The van der Waals surface area contributed by atoms with Gasteiger partial charge in [-0.3, -0.25) is 4.79 Å². The fourth-order valence-electron chi connectivity index (χ4n) is 3.54. The summed E-state index contributed by atoms with van der Waals surface area (Å²) in [6, 6.07) is 14.9. The molecule has 0 bridgehead atoms. The SMILES string of the molecule is O=C(NCC1COc2ccccc2C1)C1CC(c2ccc(O)cc2)NN1. The zero-order valence-corrected chi connectivity index (χ0v) is 14.4. The van der Waals surface area contributed by atoms with Crippen LogP contribution >= 0.6 is 0 Å². The standard InChI is InChI=1S/C20H23N3O3/c24-16-7-5-14(6-8-16)17-10-18(23-22-17)20(25)21-11-13-9-15-3-1-2-4-19(15)26-12-13/h1-8,13,17-18,22-24H,9-12H2,(H,21,25). The Bertz CT molecular complexity index is 778. The summed E-state index contributed by atoms with van der Waals surface area (Å²) < 4.78 is 5.78. The first-order valence-corrected chi connectivity index (χ1v) is 8.97. The van der Waals surface area contributed by atoms with Gasteiger partial charge in [-0.05, 0) is 42.2 Å². The van der Waals surface area contributed by atoms with Crippen LogP contribution in [0.15, 0.2) is 48.5 Å². The Hall–Kier alpha value is -2.57. The van der Waals surface area contributed by atoms with Gasteiger partial charge in [-0.1, -0.05) is 30.3 Å². The fraction of sp³-hybridized carbons (Fsp3) is 0.350. The molecule has 4 rings (SSSR count). The molecule has 3 atom stereocenters. The Morgan fingerprint density at radius 3 is 2.81 bits per heavy atom. The van der Waals surface area contributed by atoms with Crippen molar-refractivity contribution in [2.75, 3.05) is 13.2 Å². The second-order valence-corrected chi connectivity index (χ2v) is 6.96. The van der Waals surface area contributed by atoms with E-state index in [9.17, 15) is 9.90 Å². The number of fused-ring (bicyclic) bond motifs is 1. The fourth-order valence-corrected chi connectivity index (χ4v) is 3.54. The summed E-state index contributed by atoms with van der Waals surface area (Å²) in [6.45, 7) is 1.24. The number of phenolic OH excluding ortho intramolecular Hbond substituents is 1. The number of rotatable bonds is 4. The van der Waals surface area contributed by atoms with Crippen LogP contribution in [0.5, 0.6) is 11.5 Å². The number of hydrogen-bond acceptors (Lipinski definition) is 5. The quantitative estimate of drug-likeness (QED) is 0.672.